The minimum atomic E-state index is -0.452. The minimum Gasteiger partial charge on any atom is -0.497 e. The van der Waals surface area contributed by atoms with Gasteiger partial charge in [-0.1, -0.05) is 30.3 Å². The van der Waals surface area contributed by atoms with Crippen LogP contribution < -0.4 is 15.4 Å². The Kier molecular flexibility index (Phi) is 4.74. The predicted molar refractivity (Wildman–Crippen MR) is 110 cm³/mol. The first-order valence-electron chi connectivity index (χ1n) is 9.36. The number of nitrogens with zero attached hydrogens (tertiary/aromatic N) is 1. The summed E-state index contributed by atoms with van der Waals surface area (Å²) in [4.78, 5) is 26.7. The lowest BCUT2D eigenvalue weighted by Gasteiger charge is -2.30. The molecule has 1 aliphatic rings. The summed E-state index contributed by atoms with van der Waals surface area (Å²) in [6.07, 6.45) is 1.85. The van der Waals surface area contributed by atoms with Crippen molar-refractivity contribution in [2.45, 2.75) is 19.3 Å². The summed E-state index contributed by atoms with van der Waals surface area (Å²) in [7, 11) is 1.63. The first kappa shape index (κ1) is 18.0. The van der Waals surface area contributed by atoms with Crippen molar-refractivity contribution in [3.8, 4) is 5.75 Å². The maximum Gasteiger partial charge on any atom is 0.249 e. The van der Waals surface area contributed by atoms with Gasteiger partial charge in [-0.25, -0.2) is 0 Å². The highest BCUT2D eigenvalue weighted by Crippen LogP contribution is 2.31. The SMILES string of the molecule is COc1ccc2cccc(CC(=O)N3CCCc4c(C(N)=O)cccc43)c2c1. The fraction of sp³-hybridized carbons (Fsp3) is 0.217. The van der Waals surface area contributed by atoms with E-state index in [1.54, 1.807) is 24.1 Å². The van der Waals surface area contributed by atoms with Gasteiger partial charge in [0, 0.05) is 17.8 Å². The number of carbonyl (C=O) groups excluding carboxylic acids is 2. The zero-order chi connectivity index (χ0) is 19.7. The van der Waals surface area contributed by atoms with Crippen molar-refractivity contribution in [1.82, 2.24) is 0 Å². The summed E-state index contributed by atoms with van der Waals surface area (Å²) in [6, 6.07) is 17.3. The molecule has 2 amide bonds. The third-order valence-corrected chi connectivity index (χ3v) is 5.34. The van der Waals surface area contributed by atoms with E-state index in [-0.39, 0.29) is 12.3 Å². The van der Waals surface area contributed by atoms with E-state index in [1.807, 2.05) is 42.5 Å². The second-order valence-electron chi connectivity index (χ2n) is 7.00. The predicted octanol–water partition coefficient (Wildman–Crippen LogP) is 3.47. The van der Waals surface area contributed by atoms with Gasteiger partial charge in [0.25, 0.3) is 0 Å². The van der Waals surface area contributed by atoms with Gasteiger partial charge in [-0.05, 0) is 59.0 Å². The molecular formula is C23H22N2O3. The Hall–Kier alpha value is -3.34. The van der Waals surface area contributed by atoms with Gasteiger partial charge in [0.2, 0.25) is 11.8 Å². The minimum absolute atomic E-state index is 0.0119. The number of benzene rings is 3. The normalized spacial score (nSPS) is 13.2. The molecule has 0 bridgehead atoms. The average Bonchev–Trinajstić information content (AvgIpc) is 2.72. The lowest BCUT2D eigenvalue weighted by Crippen LogP contribution is -2.37. The molecule has 5 heteroatoms. The van der Waals surface area contributed by atoms with Gasteiger partial charge >= 0.3 is 0 Å². The number of nitrogens with two attached hydrogens (primary N) is 1. The standard InChI is InChI=1S/C23H22N2O3/c1-28-17-11-10-15-5-2-6-16(20(15)14-17)13-22(26)25-12-4-8-18-19(23(24)27)7-3-9-21(18)25/h2-3,5-7,9-11,14H,4,8,12-13H2,1H3,(H2,24,27). The number of anilines is 1. The van der Waals surface area contributed by atoms with Crippen molar-refractivity contribution in [3.63, 3.8) is 0 Å². The maximum atomic E-state index is 13.2. The summed E-state index contributed by atoms with van der Waals surface area (Å²) in [5, 5.41) is 2.08. The van der Waals surface area contributed by atoms with Crippen molar-refractivity contribution >= 4 is 28.3 Å². The topological polar surface area (TPSA) is 72.6 Å². The first-order chi connectivity index (χ1) is 13.6. The van der Waals surface area contributed by atoms with Gasteiger partial charge in [0.05, 0.1) is 13.5 Å². The molecule has 0 unspecified atom stereocenters. The highest BCUT2D eigenvalue weighted by molar-refractivity contribution is 6.02. The van der Waals surface area contributed by atoms with E-state index in [0.717, 1.165) is 46.2 Å². The van der Waals surface area contributed by atoms with Crippen LogP contribution in [-0.4, -0.2) is 25.5 Å². The van der Waals surface area contributed by atoms with Gasteiger partial charge in [-0.2, -0.15) is 0 Å². The van der Waals surface area contributed by atoms with Crippen LogP contribution >= 0.6 is 0 Å². The third-order valence-electron chi connectivity index (χ3n) is 5.34. The summed E-state index contributed by atoms with van der Waals surface area (Å²) >= 11 is 0. The number of rotatable bonds is 4. The van der Waals surface area contributed by atoms with E-state index >= 15 is 0 Å². The van der Waals surface area contributed by atoms with Gasteiger partial charge in [0.15, 0.2) is 0 Å². The van der Waals surface area contributed by atoms with E-state index in [2.05, 4.69) is 0 Å². The molecule has 2 N–H and O–H groups in total. The highest BCUT2D eigenvalue weighted by atomic mass is 16.5. The summed E-state index contributed by atoms with van der Waals surface area (Å²) in [6.45, 7) is 0.641. The van der Waals surface area contributed by atoms with Crippen LogP contribution in [0.5, 0.6) is 5.75 Å². The fourth-order valence-electron chi connectivity index (χ4n) is 3.97. The molecule has 1 heterocycles. The van der Waals surface area contributed by atoms with Crippen LogP contribution in [0.1, 0.15) is 27.9 Å². The average molecular weight is 374 g/mol. The third kappa shape index (κ3) is 3.20. The van der Waals surface area contributed by atoms with E-state index in [1.165, 1.54) is 0 Å². The van der Waals surface area contributed by atoms with Crippen molar-refractivity contribution < 1.29 is 14.3 Å². The zero-order valence-corrected chi connectivity index (χ0v) is 15.8. The second-order valence-corrected chi connectivity index (χ2v) is 7.00. The quantitative estimate of drug-likeness (QED) is 0.760. The molecule has 0 saturated heterocycles. The number of hydrogen-bond acceptors (Lipinski definition) is 3. The number of fused-ring (bicyclic) bond motifs is 2. The molecular weight excluding hydrogens is 352 g/mol. The van der Waals surface area contributed by atoms with Crippen molar-refractivity contribution in [2.24, 2.45) is 5.73 Å². The molecule has 0 saturated carbocycles. The lowest BCUT2D eigenvalue weighted by molar-refractivity contribution is -0.118. The summed E-state index contributed by atoms with van der Waals surface area (Å²) in [5.41, 5.74) is 8.65. The fourth-order valence-corrected chi connectivity index (χ4v) is 3.97. The van der Waals surface area contributed by atoms with E-state index in [0.29, 0.717) is 12.1 Å². The molecule has 1 aliphatic heterocycles. The molecule has 142 valence electrons. The smallest absolute Gasteiger partial charge is 0.249 e. The molecule has 4 rings (SSSR count). The summed E-state index contributed by atoms with van der Waals surface area (Å²) in [5.74, 6) is 0.326. The van der Waals surface area contributed by atoms with E-state index < -0.39 is 5.91 Å². The van der Waals surface area contributed by atoms with Gasteiger partial charge in [-0.3, -0.25) is 9.59 Å². The molecule has 3 aromatic carbocycles. The molecule has 28 heavy (non-hydrogen) atoms. The molecule has 0 spiro atoms. The number of primary amides is 1. The number of amides is 2. The second kappa shape index (κ2) is 7.35. The van der Waals surface area contributed by atoms with E-state index in [4.69, 9.17) is 10.5 Å². The molecule has 0 radical (unpaired) electrons. The van der Waals surface area contributed by atoms with Crippen LogP contribution in [0, 0.1) is 0 Å². The largest absolute Gasteiger partial charge is 0.497 e. The summed E-state index contributed by atoms with van der Waals surface area (Å²) < 4.78 is 5.34. The molecule has 0 aromatic heterocycles. The number of ether oxygens (including phenoxy) is 1. The van der Waals surface area contributed by atoms with Crippen LogP contribution in [0.4, 0.5) is 5.69 Å². The van der Waals surface area contributed by atoms with Crippen molar-refractivity contribution in [3.05, 3.63) is 71.3 Å². The number of methoxy groups -OCH3 is 1. The van der Waals surface area contributed by atoms with Gasteiger partial charge < -0.3 is 15.4 Å². The Morgan fingerprint density at radius 2 is 1.93 bits per heavy atom. The number of carbonyl (C=O) groups is 2. The van der Waals surface area contributed by atoms with Crippen LogP contribution in [0.15, 0.2) is 54.6 Å². The van der Waals surface area contributed by atoms with Crippen LogP contribution in [0.25, 0.3) is 10.8 Å². The van der Waals surface area contributed by atoms with E-state index in [9.17, 15) is 9.59 Å². The van der Waals surface area contributed by atoms with Crippen LogP contribution in [0.2, 0.25) is 0 Å². The first-order valence-corrected chi connectivity index (χ1v) is 9.36. The maximum absolute atomic E-state index is 13.2. The molecule has 5 nitrogen and oxygen atoms in total. The molecule has 0 atom stereocenters. The van der Waals surface area contributed by atoms with Gasteiger partial charge in [0.1, 0.15) is 5.75 Å². The molecule has 0 fully saturated rings. The van der Waals surface area contributed by atoms with Crippen LogP contribution in [-0.2, 0) is 17.6 Å². The van der Waals surface area contributed by atoms with Crippen molar-refractivity contribution in [2.75, 3.05) is 18.6 Å². The Morgan fingerprint density at radius 1 is 1.11 bits per heavy atom. The highest BCUT2D eigenvalue weighted by Gasteiger charge is 2.25. The van der Waals surface area contributed by atoms with Crippen LogP contribution in [0.3, 0.4) is 0 Å². The van der Waals surface area contributed by atoms with Crippen molar-refractivity contribution in [1.29, 1.82) is 0 Å². The molecule has 0 aliphatic carbocycles. The monoisotopic (exact) mass is 374 g/mol. The Bertz CT molecular complexity index is 1070. The molecule has 3 aromatic rings. The lowest BCUT2D eigenvalue weighted by atomic mass is 9.95. The Balaban J connectivity index is 1.69. The zero-order valence-electron chi connectivity index (χ0n) is 15.8. The van der Waals surface area contributed by atoms with Gasteiger partial charge in [-0.15, -0.1) is 0 Å². The number of hydrogen-bond donors (Lipinski definition) is 1. The Morgan fingerprint density at radius 3 is 2.71 bits per heavy atom. The Labute approximate surface area is 163 Å².